The van der Waals surface area contributed by atoms with Gasteiger partial charge in [-0.1, -0.05) is 36.4 Å². The van der Waals surface area contributed by atoms with Crippen LogP contribution in [0.15, 0.2) is 66.0 Å². The standard InChI is InChI=1S/C21H19N5O2/c1-27-19-9-8-16(10-20(19)28-2)17(11-22)18-13-23-14-21(25-18)26-24-12-15-6-4-3-5-7-15/h3-10,12-14,17H,1-2H3,(H,25,26)/t17-/m1/s1. The maximum absolute atomic E-state index is 9.70. The maximum atomic E-state index is 9.70. The Morgan fingerprint density at radius 3 is 2.57 bits per heavy atom. The first-order valence-electron chi connectivity index (χ1n) is 8.52. The van der Waals surface area contributed by atoms with Crippen LogP contribution in [0.3, 0.4) is 0 Å². The van der Waals surface area contributed by atoms with Gasteiger partial charge in [-0.2, -0.15) is 10.4 Å². The minimum Gasteiger partial charge on any atom is -0.493 e. The number of rotatable bonds is 7. The van der Waals surface area contributed by atoms with Crippen molar-refractivity contribution in [1.29, 1.82) is 5.26 Å². The quantitative estimate of drug-likeness (QED) is 0.502. The number of anilines is 1. The summed E-state index contributed by atoms with van der Waals surface area (Å²) in [5, 5.41) is 13.9. The summed E-state index contributed by atoms with van der Waals surface area (Å²) in [6.07, 6.45) is 4.80. The molecule has 1 N–H and O–H groups in total. The highest BCUT2D eigenvalue weighted by atomic mass is 16.5. The molecule has 0 bridgehead atoms. The molecule has 0 fully saturated rings. The molecule has 0 saturated heterocycles. The van der Waals surface area contributed by atoms with Gasteiger partial charge in [0, 0.05) is 0 Å². The van der Waals surface area contributed by atoms with Crippen molar-refractivity contribution in [1.82, 2.24) is 9.97 Å². The molecule has 0 aliphatic heterocycles. The molecule has 0 unspecified atom stereocenters. The van der Waals surface area contributed by atoms with Gasteiger partial charge in [-0.3, -0.25) is 10.4 Å². The highest BCUT2D eigenvalue weighted by molar-refractivity contribution is 5.79. The molecular formula is C21H19N5O2. The molecule has 1 heterocycles. The fourth-order valence-corrected chi connectivity index (χ4v) is 2.63. The minimum atomic E-state index is -0.604. The normalized spacial score (nSPS) is 11.6. The molecule has 0 saturated carbocycles. The van der Waals surface area contributed by atoms with Crippen molar-refractivity contribution in [2.24, 2.45) is 5.10 Å². The van der Waals surface area contributed by atoms with Gasteiger partial charge in [0.05, 0.1) is 44.6 Å². The molecule has 1 atom stereocenters. The number of hydrazone groups is 1. The van der Waals surface area contributed by atoms with Crippen LogP contribution in [0.1, 0.15) is 22.7 Å². The van der Waals surface area contributed by atoms with E-state index in [1.54, 1.807) is 45.0 Å². The Bertz CT molecular complexity index is 999. The van der Waals surface area contributed by atoms with E-state index >= 15 is 0 Å². The molecule has 0 aliphatic rings. The van der Waals surface area contributed by atoms with E-state index in [0.717, 1.165) is 11.1 Å². The van der Waals surface area contributed by atoms with E-state index < -0.39 is 5.92 Å². The molecule has 0 radical (unpaired) electrons. The van der Waals surface area contributed by atoms with E-state index in [1.165, 1.54) is 0 Å². The molecule has 140 valence electrons. The third-order valence-corrected chi connectivity index (χ3v) is 4.01. The molecule has 3 aromatic rings. The summed E-state index contributed by atoms with van der Waals surface area (Å²) in [5.74, 6) is 0.993. The lowest BCUT2D eigenvalue weighted by molar-refractivity contribution is 0.354. The molecule has 0 amide bonds. The number of nitriles is 1. The van der Waals surface area contributed by atoms with E-state index in [2.05, 4.69) is 26.6 Å². The number of benzene rings is 2. The molecule has 7 heteroatoms. The van der Waals surface area contributed by atoms with Crippen LogP contribution in [-0.2, 0) is 0 Å². The zero-order valence-electron chi connectivity index (χ0n) is 15.5. The molecule has 2 aromatic carbocycles. The minimum absolute atomic E-state index is 0.449. The Balaban J connectivity index is 1.81. The summed E-state index contributed by atoms with van der Waals surface area (Å²) in [6, 6.07) is 17.3. The van der Waals surface area contributed by atoms with Gasteiger partial charge >= 0.3 is 0 Å². The zero-order chi connectivity index (χ0) is 19.8. The molecule has 28 heavy (non-hydrogen) atoms. The Kier molecular flexibility index (Phi) is 6.16. The van der Waals surface area contributed by atoms with E-state index in [1.807, 2.05) is 36.4 Å². The third-order valence-electron chi connectivity index (χ3n) is 4.01. The number of hydrogen-bond acceptors (Lipinski definition) is 7. The first-order chi connectivity index (χ1) is 13.7. The summed E-state index contributed by atoms with van der Waals surface area (Å²) < 4.78 is 10.6. The van der Waals surface area contributed by atoms with Crippen LogP contribution in [0.2, 0.25) is 0 Å². The monoisotopic (exact) mass is 373 g/mol. The average molecular weight is 373 g/mol. The number of methoxy groups -OCH3 is 2. The molecule has 0 spiro atoms. The van der Waals surface area contributed by atoms with Crippen LogP contribution in [0.4, 0.5) is 5.82 Å². The predicted molar refractivity (Wildman–Crippen MR) is 107 cm³/mol. The van der Waals surface area contributed by atoms with Crippen molar-refractivity contribution < 1.29 is 9.47 Å². The summed E-state index contributed by atoms with van der Waals surface area (Å²) in [6.45, 7) is 0. The van der Waals surface area contributed by atoms with E-state index in [9.17, 15) is 5.26 Å². The average Bonchev–Trinajstić information content (AvgIpc) is 2.75. The Morgan fingerprint density at radius 1 is 1.07 bits per heavy atom. The van der Waals surface area contributed by atoms with Crippen LogP contribution >= 0.6 is 0 Å². The van der Waals surface area contributed by atoms with Crippen LogP contribution in [-0.4, -0.2) is 30.4 Å². The lowest BCUT2D eigenvalue weighted by Crippen LogP contribution is -2.05. The van der Waals surface area contributed by atoms with Crippen LogP contribution in [0.5, 0.6) is 11.5 Å². The van der Waals surface area contributed by atoms with Gasteiger partial charge < -0.3 is 9.47 Å². The van der Waals surface area contributed by atoms with Gasteiger partial charge in [-0.05, 0) is 23.3 Å². The second-order valence-electron chi connectivity index (χ2n) is 5.79. The van der Waals surface area contributed by atoms with Crippen molar-refractivity contribution in [2.45, 2.75) is 5.92 Å². The summed E-state index contributed by atoms with van der Waals surface area (Å²) in [4.78, 5) is 8.64. The number of nitrogens with zero attached hydrogens (tertiary/aromatic N) is 4. The van der Waals surface area contributed by atoms with Crippen molar-refractivity contribution >= 4 is 12.0 Å². The maximum Gasteiger partial charge on any atom is 0.165 e. The number of hydrogen-bond donors (Lipinski definition) is 1. The first kappa shape index (κ1) is 18.9. The largest absolute Gasteiger partial charge is 0.493 e. The van der Waals surface area contributed by atoms with Crippen molar-refractivity contribution in [3.63, 3.8) is 0 Å². The smallest absolute Gasteiger partial charge is 0.165 e. The van der Waals surface area contributed by atoms with E-state index in [0.29, 0.717) is 23.0 Å². The molecule has 0 aliphatic carbocycles. The molecule has 3 rings (SSSR count). The van der Waals surface area contributed by atoms with Gasteiger partial charge in [0.15, 0.2) is 17.3 Å². The summed E-state index contributed by atoms with van der Waals surface area (Å²) >= 11 is 0. The van der Waals surface area contributed by atoms with Gasteiger partial charge in [-0.15, -0.1) is 0 Å². The van der Waals surface area contributed by atoms with Crippen molar-refractivity contribution in [3.8, 4) is 17.6 Å². The van der Waals surface area contributed by atoms with E-state index in [-0.39, 0.29) is 0 Å². The fourth-order valence-electron chi connectivity index (χ4n) is 2.63. The Labute approximate surface area is 163 Å². The van der Waals surface area contributed by atoms with Gasteiger partial charge in [0.2, 0.25) is 0 Å². The van der Waals surface area contributed by atoms with Crippen molar-refractivity contribution in [3.05, 3.63) is 77.7 Å². The topological polar surface area (TPSA) is 92.4 Å². The number of ether oxygens (including phenoxy) is 2. The first-order valence-corrected chi connectivity index (χ1v) is 8.52. The fraction of sp³-hybridized carbons (Fsp3) is 0.143. The van der Waals surface area contributed by atoms with Crippen LogP contribution < -0.4 is 14.9 Å². The summed E-state index contributed by atoms with van der Waals surface area (Å²) in [5.41, 5.74) is 5.05. The predicted octanol–water partition coefficient (Wildman–Crippen LogP) is 3.60. The van der Waals surface area contributed by atoms with Gasteiger partial charge in [-0.25, -0.2) is 4.98 Å². The number of nitrogens with one attached hydrogen (secondary N) is 1. The van der Waals surface area contributed by atoms with Gasteiger partial charge in [0.1, 0.15) is 5.92 Å². The van der Waals surface area contributed by atoms with Crippen LogP contribution in [0, 0.1) is 11.3 Å². The highest BCUT2D eigenvalue weighted by Crippen LogP contribution is 2.32. The second kappa shape index (κ2) is 9.14. The second-order valence-corrected chi connectivity index (χ2v) is 5.79. The number of aromatic nitrogens is 2. The van der Waals surface area contributed by atoms with Crippen molar-refractivity contribution in [2.75, 3.05) is 19.6 Å². The highest BCUT2D eigenvalue weighted by Gasteiger charge is 2.18. The van der Waals surface area contributed by atoms with E-state index in [4.69, 9.17) is 9.47 Å². The van der Waals surface area contributed by atoms with Crippen LogP contribution in [0.25, 0.3) is 0 Å². The lowest BCUT2D eigenvalue weighted by atomic mass is 9.97. The summed E-state index contributed by atoms with van der Waals surface area (Å²) in [7, 11) is 3.12. The molecule has 1 aromatic heterocycles. The SMILES string of the molecule is COc1ccc([C@@H](C#N)c2cncc(NN=Cc3ccccc3)n2)cc1OC. The lowest BCUT2D eigenvalue weighted by Gasteiger charge is -2.13. The molecule has 7 nitrogen and oxygen atoms in total. The van der Waals surface area contributed by atoms with Gasteiger partial charge in [0.25, 0.3) is 0 Å². The molecular weight excluding hydrogens is 354 g/mol. The Hall–Kier alpha value is -3.92. The Morgan fingerprint density at radius 2 is 1.86 bits per heavy atom. The third kappa shape index (κ3) is 4.43. The zero-order valence-corrected chi connectivity index (χ0v) is 15.5.